The Morgan fingerprint density at radius 2 is 1.83 bits per heavy atom. The first-order valence-corrected chi connectivity index (χ1v) is 4.65. The summed E-state index contributed by atoms with van der Waals surface area (Å²) in [4.78, 5) is 0. The first-order valence-electron chi connectivity index (χ1n) is 3.57. The number of hydrogen-bond donors (Lipinski definition) is 0. The molecule has 0 aliphatic heterocycles. The highest BCUT2D eigenvalue weighted by atomic mass is 127. The van der Waals surface area contributed by atoms with Crippen LogP contribution in [0.25, 0.3) is 0 Å². The van der Waals surface area contributed by atoms with Crippen LogP contribution in [0, 0.1) is 10.5 Å². The fourth-order valence-corrected chi connectivity index (χ4v) is 1.48. The van der Waals surface area contributed by atoms with Gasteiger partial charge in [-0.2, -0.15) is 0 Å². The highest BCUT2D eigenvalue weighted by molar-refractivity contribution is 14.1. The third-order valence-corrected chi connectivity index (χ3v) is 2.90. The second kappa shape index (κ2) is 3.98. The predicted octanol–water partition coefficient (Wildman–Crippen LogP) is 2.62. The van der Waals surface area contributed by atoms with Gasteiger partial charge in [0, 0.05) is 9.13 Å². The van der Waals surface area contributed by atoms with Gasteiger partial charge in [-0.25, -0.2) is 0 Å². The molecule has 66 valence electrons. The van der Waals surface area contributed by atoms with Crippen LogP contribution in [0.4, 0.5) is 0 Å². The lowest BCUT2D eigenvalue weighted by atomic mass is 10.2. The molecule has 0 atom stereocenters. The quantitative estimate of drug-likeness (QED) is 0.774. The van der Waals surface area contributed by atoms with Crippen molar-refractivity contribution in [2.45, 2.75) is 6.92 Å². The molecule has 2 nitrogen and oxygen atoms in total. The van der Waals surface area contributed by atoms with E-state index in [0.717, 1.165) is 17.1 Å². The lowest BCUT2D eigenvalue weighted by Crippen LogP contribution is -1.94. The Hall–Kier alpha value is -0.450. The van der Waals surface area contributed by atoms with Gasteiger partial charge in [0.2, 0.25) is 0 Å². The highest BCUT2D eigenvalue weighted by Gasteiger charge is 2.08. The topological polar surface area (TPSA) is 18.5 Å². The van der Waals surface area contributed by atoms with E-state index in [1.807, 2.05) is 19.1 Å². The van der Waals surface area contributed by atoms with E-state index in [0.29, 0.717) is 0 Å². The molecule has 0 spiro atoms. The number of benzene rings is 1. The van der Waals surface area contributed by atoms with Crippen molar-refractivity contribution in [1.29, 1.82) is 0 Å². The third kappa shape index (κ3) is 1.65. The van der Waals surface area contributed by atoms with Crippen LogP contribution in [0.2, 0.25) is 0 Å². The molecular formula is C9H11IO2. The van der Waals surface area contributed by atoms with Crippen molar-refractivity contribution in [3.05, 3.63) is 21.3 Å². The van der Waals surface area contributed by atoms with Crippen molar-refractivity contribution in [3.63, 3.8) is 0 Å². The van der Waals surface area contributed by atoms with Gasteiger partial charge in [-0.1, -0.05) is 0 Å². The summed E-state index contributed by atoms with van der Waals surface area (Å²) in [5.41, 5.74) is 1.12. The van der Waals surface area contributed by atoms with Crippen molar-refractivity contribution in [2.75, 3.05) is 14.2 Å². The Morgan fingerprint density at radius 1 is 1.17 bits per heavy atom. The Balaban J connectivity index is 3.25. The maximum absolute atomic E-state index is 5.22. The minimum atomic E-state index is 0.787. The normalized spacial score (nSPS) is 9.67. The average molecular weight is 278 g/mol. The van der Waals surface area contributed by atoms with Crippen LogP contribution in [-0.2, 0) is 0 Å². The summed E-state index contributed by atoms with van der Waals surface area (Å²) in [6.45, 7) is 2.02. The molecule has 0 saturated carbocycles. The first-order chi connectivity index (χ1) is 5.70. The molecule has 0 aliphatic carbocycles. The molecule has 0 aliphatic rings. The Morgan fingerprint density at radius 3 is 2.33 bits per heavy atom. The van der Waals surface area contributed by atoms with Crippen molar-refractivity contribution >= 4 is 22.6 Å². The van der Waals surface area contributed by atoms with Crippen molar-refractivity contribution in [3.8, 4) is 11.5 Å². The Labute approximate surface area is 86.0 Å². The molecule has 0 unspecified atom stereocenters. The monoisotopic (exact) mass is 278 g/mol. The molecular weight excluding hydrogens is 267 g/mol. The molecule has 0 amide bonds. The highest BCUT2D eigenvalue weighted by Crippen LogP contribution is 2.32. The zero-order chi connectivity index (χ0) is 9.14. The van der Waals surface area contributed by atoms with Gasteiger partial charge in [-0.3, -0.25) is 0 Å². The standard InChI is InChI=1S/C9H11IO2/c1-6-7(10)4-5-8(11-2)9(6)12-3/h4-5H,1-3H3. The molecule has 1 aromatic carbocycles. The fraction of sp³-hybridized carbons (Fsp3) is 0.333. The van der Waals surface area contributed by atoms with Crippen LogP contribution in [-0.4, -0.2) is 14.2 Å². The second-order valence-electron chi connectivity index (χ2n) is 2.41. The molecule has 1 rings (SSSR count). The predicted molar refractivity (Wildman–Crippen MR) is 57.0 cm³/mol. The summed E-state index contributed by atoms with van der Waals surface area (Å²) in [6, 6.07) is 3.92. The SMILES string of the molecule is COc1ccc(I)c(C)c1OC. The van der Waals surface area contributed by atoms with E-state index in [4.69, 9.17) is 9.47 Å². The number of hydrogen-bond acceptors (Lipinski definition) is 2. The first kappa shape index (κ1) is 9.64. The van der Waals surface area contributed by atoms with Gasteiger partial charge in [0.15, 0.2) is 11.5 Å². The van der Waals surface area contributed by atoms with Crippen LogP contribution in [0.15, 0.2) is 12.1 Å². The van der Waals surface area contributed by atoms with E-state index in [2.05, 4.69) is 22.6 Å². The van der Waals surface area contributed by atoms with E-state index < -0.39 is 0 Å². The average Bonchev–Trinajstić information content (AvgIpc) is 2.09. The lowest BCUT2D eigenvalue weighted by Gasteiger charge is -2.10. The lowest BCUT2D eigenvalue weighted by molar-refractivity contribution is 0.352. The molecule has 12 heavy (non-hydrogen) atoms. The van der Waals surface area contributed by atoms with Gasteiger partial charge in [-0.05, 0) is 41.6 Å². The van der Waals surface area contributed by atoms with Crippen molar-refractivity contribution in [2.24, 2.45) is 0 Å². The summed E-state index contributed by atoms with van der Waals surface area (Å²) in [5.74, 6) is 1.61. The van der Waals surface area contributed by atoms with E-state index >= 15 is 0 Å². The van der Waals surface area contributed by atoms with Gasteiger partial charge in [-0.15, -0.1) is 0 Å². The second-order valence-corrected chi connectivity index (χ2v) is 3.57. The van der Waals surface area contributed by atoms with Crippen LogP contribution in [0.3, 0.4) is 0 Å². The fourth-order valence-electron chi connectivity index (χ4n) is 1.06. The van der Waals surface area contributed by atoms with E-state index in [9.17, 15) is 0 Å². The van der Waals surface area contributed by atoms with Crippen LogP contribution in [0.5, 0.6) is 11.5 Å². The van der Waals surface area contributed by atoms with Crippen molar-refractivity contribution < 1.29 is 9.47 Å². The maximum Gasteiger partial charge on any atom is 0.164 e. The number of rotatable bonds is 2. The van der Waals surface area contributed by atoms with Gasteiger partial charge >= 0.3 is 0 Å². The maximum atomic E-state index is 5.22. The third-order valence-electron chi connectivity index (χ3n) is 1.73. The molecule has 0 fully saturated rings. The summed E-state index contributed by atoms with van der Waals surface area (Å²) in [7, 11) is 3.30. The smallest absolute Gasteiger partial charge is 0.164 e. The van der Waals surface area contributed by atoms with Crippen LogP contribution < -0.4 is 9.47 Å². The van der Waals surface area contributed by atoms with Crippen molar-refractivity contribution in [1.82, 2.24) is 0 Å². The number of methoxy groups -OCH3 is 2. The molecule has 0 bridgehead atoms. The zero-order valence-corrected chi connectivity index (χ0v) is 9.51. The van der Waals surface area contributed by atoms with Gasteiger partial charge in [0.05, 0.1) is 14.2 Å². The van der Waals surface area contributed by atoms with E-state index in [1.165, 1.54) is 3.57 Å². The molecule has 0 heterocycles. The summed E-state index contributed by atoms with van der Waals surface area (Å²) >= 11 is 2.27. The number of ether oxygens (including phenoxy) is 2. The van der Waals surface area contributed by atoms with Gasteiger partial charge < -0.3 is 9.47 Å². The summed E-state index contributed by atoms with van der Waals surface area (Å²) < 4.78 is 11.5. The molecule has 0 saturated heterocycles. The largest absolute Gasteiger partial charge is 0.493 e. The zero-order valence-electron chi connectivity index (χ0n) is 7.35. The molecule has 1 aromatic rings. The minimum absolute atomic E-state index is 0.787. The summed E-state index contributed by atoms with van der Waals surface area (Å²) in [6.07, 6.45) is 0. The molecule has 0 aromatic heterocycles. The van der Waals surface area contributed by atoms with Gasteiger partial charge in [0.25, 0.3) is 0 Å². The molecule has 0 N–H and O–H groups in total. The van der Waals surface area contributed by atoms with Crippen LogP contribution >= 0.6 is 22.6 Å². The van der Waals surface area contributed by atoms with E-state index in [1.54, 1.807) is 14.2 Å². The van der Waals surface area contributed by atoms with Crippen LogP contribution in [0.1, 0.15) is 5.56 Å². The molecule has 0 radical (unpaired) electrons. The summed E-state index contributed by atoms with van der Waals surface area (Å²) in [5, 5.41) is 0. The Bertz CT molecular complexity index is 284. The van der Waals surface area contributed by atoms with Gasteiger partial charge in [0.1, 0.15) is 0 Å². The minimum Gasteiger partial charge on any atom is -0.493 e. The number of halogens is 1. The van der Waals surface area contributed by atoms with E-state index in [-0.39, 0.29) is 0 Å². The Kier molecular flexibility index (Phi) is 3.20. The molecule has 3 heteroatoms.